The summed E-state index contributed by atoms with van der Waals surface area (Å²) in [6.07, 6.45) is -0.314. The van der Waals surface area contributed by atoms with Gasteiger partial charge in [0.05, 0.1) is 4.90 Å². The number of amides is 1. The van der Waals surface area contributed by atoms with Crippen LogP contribution < -0.4 is 5.14 Å². The zero-order valence-corrected chi connectivity index (χ0v) is 22.5. The molecule has 1 aliphatic rings. The van der Waals surface area contributed by atoms with Crippen LogP contribution in [0.25, 0.3) is 0 Å². The molecule has 7 nitrogen and oxygen atoms in total. The van der Waals surface area contributed by atoms with Gasteiger partial charge in [0, 0.05) is 42.4 Å². The van der Waals surface area contributed by atoms with Crippen molar-refractivity contribution in [1.82, 2.24) is 9.80 Å². The fourth-order valence-electron chi connectivity index (χ4n) is 3.92. The van der Waals surface area contributed by atoms with E-state index in [-0.39, 0.29) is 28.1 Å². The molecule has 0 unspecified atom stereocenters. The second-order valence-electron chi connectivity index (χ2n) is 9.91. The van der Waals surface area contributed by atoms with Crippen LogP contribution in [-0.2, 0) is 14.8 Å². The van der Waals surface area contributed by atoms with Crippen molar-refractivity contribution in [3.8, 4) is 0 Å². The average molecular weight is 524 g/mol. The normalized spacial score (nSPS) is 18.4. The van der Waals surface area contributed by atoms with Gasteiger partial charge in [0.2, 0.25) is 10.0 Å². The van der Waals surface area contributed by atoms with Crippen molar-refractivity contribution in [2.24, 2.45) is 5.14 Å². The summed E-state index contributed by atoms with van der Waals surface area (Å²) in [4.78, 5) is 17.5. The first-order chi connectivity index (χ1) is 16.2. The zero-order valence-electron chi connectivity index (χ0n) is 20.8. The molecule has 0 spiro atoms. The van der Waals surface area contributed by atoms with E-state index in [2.05, 4.69) is 4.90 Å². The maximum atomic E-state index is 14.4. The highest BCUT2D eigenvalue weighted by Crippen LogP contribution is 2.37. The largest absolute Gasteiger partial charge is 0.444 e. The van der Waals surface area contributed by atoms with Crippen molar-refractivity contribution in [1.29, 1.82) is 0 Å². The van der Waals surface area contributed by atoms with Crippen LogP contribution in [0.1, 0.15) is 44.1 Å². The first kappa shape index (κ1) is 27.4. The van der Waals surface area contributed by atoms with E-state index in [1.54, 1.807) is 36.1 Å². The van der Waals surface area contributed by atoms with Crippen molar-refractivity contribution in [2.45, 2.75) is 61.3 Å². The maximum absolute atomic E-state index is 14.4. The Balaban J connectivity index is 1.76. The van der Waals surface area contributed by atoms with Crippen molar-refractivity contribution in [3.63, 3.8) is 0 Å². The van der Waals surface area contributed by atoms with E-state index in [9.17, 15) is 17.6 Å². The van der Waals surface area contributed by atoms with Crippen molar-refractivity contribution in [3.05, 3.63) is 59.4 Å². The second-order valence-corrected chi connectivity index (χ2v) is 12.8. The molecule has 2 aromatic carbocycles. The molecule has 3 rings (SSSR count). The van der Waals surface area contributed by atoms with E-state index in [0.29, 0.717) is 31.7 Å². The van der Waals surface area contributed by atoms with Gasteiger partial charge in [-0.15, -0.1) is 11.8 Å². The molecule has 1 aliphatic heterocycles. The van der Waals surface area contributed by atoms with Crippen molar-refractivity contribution >= 4 is 27.9 Å². The number of rotatable bonds is 6. The summed E-state index contributed by atoms with van der Waals surface area (Å²) in [5.74, 6) is -0.263. The molecule has 1 amide bonds. The third-order valence-electron chi connectivity index (χ3n) is 5.76. The van der Waals surface area contributed by atoms with Crippen LogP contribution >= 0.6 is 11.8 Å². The van der Waals surface area contributed by atoms with Gasteiger partial charge in [0.25, 0.3) is 0 Å². The Morgan fingerprint density at radius 3 is 2.40 bits per heavy atom. The summed E-state index contributed by atoms with van der Waals surface area (Å²) < 4.78 is 43.1. The summed E-state index contributed by atoms with van der Waals surface area (Å²) in [7, 11) is -3.77. The fraction of sp³-hybridized carbons (Fsp3) is 0.480. The minimum absolute atomic E-state index is 0.0342. The SMILES string of the molecule is Cc1ccc([C@H](CN2CCN(C(=O)OC(C)(C)C)[C@H](C)C2)Sc2ccc(S(N)(=O)=O)cc2)cc1F. The number of nitrogens with two attached hydrogens (primary N) is 1. The highest BCUT2D eigenvalue weighted by molar-refractivity contribution is 7.99. The van der Waals surface area contributed by atoms with Crippen LogP contribution in [0.2, 0.25) is 0 Å². The third kappa shape index (κ3) is 7.67. The molecule has 0 radical (unpaired) electrons. The summed E-state index contributed by atoms with van der Waals surface area (Å²) in [5, 5.41) is 5.11. The van der Waals surface area contributed by atoms with Gasteiger partial charge in [-0.1, -0.05) is 12.1 Å². The molecule has 0 bridgehead atoms. The van der Waals surface area contributed by atoms with E-state index in [4.69, 9.17) is 9.88 Å². The number of hydrogen-bond acceptors (Lipinski definition) is 6. The molecule has 2 N–H and O–H groups in total. The van der Waals surface area contributed by atoms with E-state index in [0.717, 1.165) is 10.5 Å². The zero-order chi connectivity index (χ0) is 26.0. The first-order valence-electron chi connectivity index (χ1n) is 11.5. The number of primary sulfonamides is 1. The van der Waals surface area contributed by atoms with Crippen LogP contribution in [-0.4, -0.2) is 62.1 Å². The van der Waals surface area contributed by atoms with E-state index >= 15 is 0 Å². The Labute approximate surface area is 211 Å². The number of aryl methyl sites for hydroxylation is 1. The highest BCUT2D eigenvalue weighted by atomic mass is 32.2. The number of carbonyl (C=O) groups excluding carboxylic acids is 1. The third-order valence-corrected chi connectivity index (χ3v) is 7.94. The van der Waals surface area contributed by atoms with Gasteiger partial charge < -0.3 is 9.64 Å². The summed E-state index contributed by atoms with van der Waals surface area (Å²) in [5.41, 5.74) is 0.870. The number of halogens is 1. The number of carbonyl (C=O) groups is 1. The van der Waals surface area contributed by atoms with Crippen LogP contribution in [0.15, 0.2) is 52.3 Å². The minimum Gasteiger partial charge on any atom is -0.444 e. The molecule has 0 aliphatic carbocycles. The fourth-order valence-corrected chi connectivity index (χ4v) is 5.62. The Hall–Kier alpha value is -2.14. The molecule has 1 fully saturated rings. The summed E-state index contributed by atoms with van der Waals surface area (Å²) in [6, 6.07) is 11.6. The average Bonchev–Trinajstić information content (AvgIpc) is 2.74. The molecular weight excluding hydrogens is 489 g/mol. The standard InChI is InChI=1S/C25H34FN3O4S2/c1-17-6-7-19(14-22(17)26)23(34-20-8-10-21(11-9-20)35(27,31)32)16-28-12-13-29(18(2)15-28)24(30)33-25(3,4)5/h6-11,14,18,23H,12-13,15-16H2,1-5H3,(H2,27,31,32)/t18-,23+/m1/s1. The van der Waals surface area contributed by atoms with Gasteiger partial charge in [-0.3, -0.25) is 4.90 Å². The Kier molecular flexibility index (Phi) is 8.52. The maximum Gasteiger partial charge on any atom is 0.410 e. The number of hydrogen-bond donors (Lipinski definition) is 1. The molecule has 2 atom stereocenters. The molecule has 0 saturated carbocycles. The Bertz CT molecular complexity index is 1150. The quantitative estimate of drug-likeness (QED) is 0.558. The lowest BCUT2D eigenvalue weighted by atomic mass is 10.1. The van der Waals surface area contributed by atoms with E-state index < -0.39 is 15.6 Å². The van der Waals surface area contributed by atoms with Gasteiger partial charge in [-0.05, 0) is 76.1 Å². The molecule has 10 heteroatoms. The topological polar surface area (TPSA) is 92.9 Å². The lowest BCUT2D eigenvalue weighted by Gasteiger charge is -2.41. The highest BCUT2D eigenvalue weighted by Gasteiger charge is 2.32. The molecule has 192 valence electrons. The number of thioether (sulfide) groups is 1. The lowest BCUT2D eigenvalue weighted by Crippen LogP contribution is -2.55. The number of sulfonamides is 1. The second kappa shape index (κ2) is 10.9. The number of nitrogens with zero attached hydrogens (tertiary/aromatic N) is 2. The van der Waals surface area contributed by atoms with E-state index in [1.165, 1.54) is 23.9 Å². The van der Waals surface area contributed by atoms with Gasteiger partial charge in [-0.2, -0.15) is 0 Å². The van der Waals surface area contributed by atoms with Gasteiger partial charge in [0.1, 0.15) is 11.4 Å². The van der Waals surface area contributed by atoms with Gasteiger partial charge in [-0.25, -0.2) is 22.7 Å². The molecule has 2 aromatic rings. The van der Waals surface area contributed by atoms with Gasteiger partial charge in [0.15, 0.2) is 0 Å². The minimum atomic E-state index is -3.77. The predicted octanol–water partition coefficient (Wildman–Crippen LogP) is 4.56. The molecule has 0 aromatic heterocycles. The van der Waals surface area contributed by atoms with Crippen LogP contribution in [0.4, 0.5) is 9.18 Å². The Morgan fingerprint density at radius 1 is 1.20 bits per heavy atom. The van der Waals surface area contributed by atoms with Crippen LogP contribution in [0, 0.1) is 12.7 Å². The van der Waals surface area contributed by atoms with Crippen LogP contribution in [0.3, 0.4) is 0 Å². The van der Waals surface area contributed by atoms with Gasteiger partial charge >= 0.3 is 6.09 Å². The number of ether oxygens (including phenoxy) is 1. The summed E-state index contributed by atoms with van der Waals surface area (Å²) >= 11 is 1.54. The summed E-state index contributed by atoms with van der Waals surface area (Å²) in [6.45, 7) is 11.8. The van der Waals surface area contributed by atoms with Crippen molar-refractivity contribution in [2.75, 3.05) is 26.2 Å². The molecule has 35 heavy (non-hydrogen) atoms. The predicted molar refractivity (Wildman–Crippen MR) is 136 cm³/mol. The van der Waals surface area contributed by atoms with E-state index in [1.807, 2.05) is 33.8 Å². The smallest absolute Gasteiger partial charge is 0.410 e. The lowest BCUT2D eigenvalue weighted by molar-refractivity contribution is 0.00155. The van der Waals surface area contributed by atoms with Crippen LogP contribution in [0.5, 0.6) is 0 Å². The first-order valence-corrected chi connectivity index (χ1v) is 13.9. The molecule has 1 heterocycles. The number of piperazine rings is 1. The molecular formula is C25H34FN3O4S2. The Morgan fingerprint density at radius 2 is 1.86 bits per heavy atom. The molecule has 1 saturated heterocycles. The number of benzene rings is 2. The monoisotopic (exact) mass is 523 g/mol. The van der Waals surface area contributed by atoms with Crippen molar-refractivity contribution < 1.29 is 22.3 Å².